The molecule has 30 heavy (non-hydrogen) atoms. The first kappa shape index (κ1) is 23.8. The zero-order valence-electron chi connectivity index (χ0n) is 19.5. The maximum Gasteiger partial charge on any atom is 0.194 e. The van der Waals surface area contributed by atoms with Crippen LogP contribution in [0.15, 0.2) is 4.99 Å². The SMILES string of the molecule is CCNC(=NCC1CN(CC(C)C)CCO1)N1CCC(OCC2CCCCO2)CC1. The molecule has 2 atom stereocenters. The average Bonchev–Trinajstić information content (AvgIpc) is 2.76. The summed E-state index contributed by atoms with van der Waals surface area (Å²) in [5, 5.41) is 3.48. The van der Waals surface area contributed by atoms with Crippen LogP contribution in [0.4, 0.5) is 0 Å². The highest BCUT2D eigenvalue weighted by Crippen LogP contribution is 2.18. The van der Waals surface area contributed by atoms with E-state index in [-0.39, 0.29) is 6.10 Å². The van der Waals surface area contributed by atoms with E-state index in [2.05, 4.69) is 35.9 Å². The summed E-state index contributed by atoms with van der Waals surface area (Å²) in [5.74, 6) is 1.72. The Kier molecular flexibility index (Phi) is 10.2. The average molecular weight is 425 g/mol. The molecule has 0 aromatic carbocycles. The predicted molar refractivity (Wildman–Crippen MR) is 121 cm³/mol. The highest BCUT2D eigenvalue weighted by molar-refractivity contribution is 5.80. The molecule has 3 aliphatic heterocycles. The summed E-state index contributed by atoms with van der Waals surface area (Å²) in [5.41, 5.74) is 0. The van der Waals surface area contributed by atoms with Crippen molar-refractivity contribution in [1.29, 1.82) is 0 Å². The molecule has 0 aromatic heterocycles. The van der Waals surface area contributed by atoms with Gasteiger partial charge in [-0.3, -0.25) is 9.89 Å². The zero-order valence-corrected chi connectivity index (χ0v) is 19.5. The van der Waals surface area contributed by atoms with Gasteiger partial charge in [0, 0.05) is 45.9 Å². The van der Waals surface area contributed by atoms with E-state index in [4.69, 9.17) is 19.2 Å². The molecule has 3 aliphatic rings. The molecule has 3 fully saturated rings. The van der Waals surface area contributed by atoms with E-state index < -0.39 is 0 Å². The Morgan fingerprint density at radius 1 is 1.07 bits per heavy atom. The third kappa shape index (κ3) is 7.98. The number of nitrogens with zero attached hydrogens (tertiary/aromatic N) is 3. The van der Waals surface area contributed by atoms with Gasteiger partial charge in [0.15, 0.2) is 5.96 Å². The number of nitrogens with one attached hydrogen (secondary N) is 1. The van der Waals surface area contributed by atoms with E-state index in [1.807, 2.05) is 0 Å². The number of likely N-dealkylation sites (tertiary alicyclic amines) is 1. The van der Waals surface area contributed by atoms with E-state index in [1.54, 1.807) is 0 Å². The molecular formula is C23H44N4O3. The molecule has 0 saturated carbocycles. The van der Waals surface area contributed by atoms with Crippen LogP contribution in [0.3, 0.4) is 0 Å². The van der Waals surface area contributed by atoms with Gasteiger partial charge in [-0.2, -0.15) is 0 Å². The molecule has 3 heterocycles. The van der Waals surface area contributed by atoms with Crippen molar-refractivity contribution in [3.63, 3.8) is 0 Å². The van der Waals surface area contributed by atoms with Gasteiger partial charge < -0.3 is 24.4 Å². The number of piperidine rings is 1. The number of guanidine groups is 1. The molecular weight excluding hydrogens is 380 g/mol. The minimum absolute atomic E-state index is 0.197. The van der Waals surface area contributed by atoms with Gasteiger partial charge in [-0.1, -0.05) is 13.8 Å². The predicted octanol–water partition coefficient (Wildman–Crippen LogP) is 2.36. The van der Waals surface area contributed by atoms with Crippen LogP contribution in [0.1, 0.15) is 52.9 Å². The van der Waals surface area contributed by atoms with Gasteiger partial charge >= 0.3 is 0 Å². The van der Waals surface area contributed by atoms with Crippen molar-refractivity contribution >= 4 is 5.96 Å². The number of morpholine rings is 1. The van der Waals surface area contributed by atoms with Crippen LogP contribution in [0, 0.1) is 5.92 Å². The second-order valence-electron chi connectivity index (χ2n) is 9.35. The second kappa shape index (κ2) is 12.8. The lowest BCUT2D eigenvalue weighted by molar-refractivity contribution is -0.0721. The fraction of sp³-hybridized carbons (Fsp3) is 0.957. The van der Waals surface area contributed by atoms with Crippen LogP contribution in [0.25, 0.3) is 0 Å². The highest BCUT2D eigenvalue weighted by atomic mass is 16.5. The monoisotopic (exact) mass is 424 g/mol. The van der Waals surface area contributed by atoms with E-state index >= 15 is 0 Å². The van der Waals surface area contributed by atoms with Crippen LogP contribution < -0.4 is 5.32 Å². The number of hydrogen-bond donors (Lipinski definition) is 1. The molecule has 174 valence electrons. The molecule has 1 N–H and O–H groups in total. The zero-order chi connectivity index (χ0) is 21.2. The first-order valence-corrected chi connectivity index (χ1v) is 12.2. The quantitative estimate of drug-likeness (QED) is 0.477. The Balaban J connectivity index is 1.42. The number of aliphatic imine (C=N–C) groups is 1. The molecule has 7 nitrogen and oxygen atoms in total. The van der Waals surface area contributed by atoms with E-state index in [0.717, 1.165) is 90.9 Å². The van der Waals surface area contributed by atoms with Crippen LogP contribution >= 0.6 is 0 Å². The van der Waals surface area contributed by atoms with Gasteiger partial charge in [0.25, 0.3) is 0 Å². The molecule has 0 amide bonds. The second-order valence-corrected chi connectivity index (χ2v) is 9.35. The normalized spacial score (nSPS) is 27.6. The van der Waals surface area contributed by atoms with Crippen molar-refractivity contribution in [3.8, 4) is 0 Å². The molecule has 2 unspecified atom stereocenters. The molecule has 7 heteroatoms. The summed E-state index contributed by atoms with van der Waals surface area (Å²) in [7, 11) is 0. The van der Waals surface area contributed by atoms with Gasteiger partial charge in [0.1, 0.15) is 0 Å². The third-order valence-electron chi connectivity index (χ3n) is 6.16. The number of hydrogen-bond acceptors (Lipinski definition) is 5. The molecule has 0 aliphatic carbocycles. The Labute approximate surface area is 183 Å². The van der Waals surface area contributed by atoms with Crippen molar-refractivity contribution in [1.82, 2.24) is 15.1 Å². The summed E-state index contributed by atoms with van der Waals surface area (Å²) < 4.78 is 18.0. The van der Waals surface area contributed by atoms with Crippen molar-refractivity contribution in [2.75, 3.05) is 65.6 Å². The molecule has 3 saturated heterocycles. The standard InChI is InChI=1S/C23H44N4O3/c1-4-24-23(25-15-22-17-26(12-14-29-22)16-19(2)3)27-10-8-20(9-11-27)30-18-21-7-5-6-13-28-21/h19-22H,4-18H2,1-3H3,(H,24,25). The van der Waals surface area contributed by atoms with Gasteiger partial charge in [-0.15, -0.1) is 0 Å². The Hall–Kier alpha value is -0.890. The van der Waals surface area contributed by atoms with E-state index in [9.17, 15) is 0 Å². The van der Waals surface area contributed by atoms with Crippen LogP contribution in [-0.4, -0.2) is 99.7 Å². The van der Waals surface area contributed by atoms with Gasteiger partial charge in [0.05, 0.1) is 38.1 Å². The number of ether oxygens (including phenoxy) is 3. The summed E-state index contributed by atoms with van der Waals surface area (Å²) in [6.45, 7) is 15.9. The molecule has 3 rings (SSSR count). The fourth-order valence-corrected chi connectivity index (χ4v) is 4.60. The minimum Gasteiger partial charge on any atom is -0.376 e. The van der Waals surface area contributed by atoms with Crippen LogP contribution in [-0.2, 0) is 14.2 Å². The topological polar surface area (TPSA) is 58.6 Å². The largest absolute Gasteiger partial charge is 0.376 e. The van der Waals surface area contributed by atoms with Gasteiger partial charge in [-0.25, -0.2) is 0 Å². The molecule has 0 aromatic rings. The molecule has 0 bridgehead atoms. The van der Waals surface area contributed by atoms with Gasteiger partial charge in [0.2, 0.25) is 0 Å². The highest BCUT2D eigenvalue weighted by Gasteiger charge is 2.25. The first-order valence-electron chi connectivity index (χ1n) is 12.2. The smallest absolute Gasteiger partial charge is 0.194 e. The first-order chi connectivity index (χ1) is 14.6. The summed E-state index contributed by atoms with van der Waals surface area (Å²) in [6, 6.07) is 0. The van der Waals surface area contributed by atoms with E-state index in [0.29, 0.717) is 18.1 Å². The Bertz CT molecular complexity index is 503. The van der Waals surface area contributed by atoms with Gasteiger partial charge in [-0.05, 0) is 44.9 Å². The Morgan fingerprint density at radius 3 is 2.57 bits per heavy atom. The molecule has 0 spiro atoms. The van der Waals surface area contributed by atoms with Crippen LogP contribution in [0.2, 0.25) is 0 Å². The lowest BCUT2D eigenvalue weighted by Gasteiger charge is -2.36. The van der Waals surface area contributed by atoms with E-state index in [1.165, 1.54) is 12.8 Å². The summed E-state index contributed by atoms with van der Waals surface area (Å²) in [6.07, 6.45) is 6.58. The minimum atomic E-state index is 0.197. The summed E-state index contributed by atoms with van der Waals surface area (Å²) in [4.78, 5) is 9.84. The molecule has 0 radical (unpaired) electrons. The maximum atomic E-state index is 6.17. The Morgan fingerprint density at radius 2 is 1.87 bits per heavy atom. The summed E-state index contributed by atoms with van der Waals surface area (Å²) >= 11 is 0. The van der Waals surface area contributed by atoms with Crippen molar-refractivity contribution in [3.05, 3.63) is 0 Å². The third-order valence-corrected chi connectivity index (χ3v) is 6.16. The van der Waals surface area contributed by atoms with Crippen molar-refractivity contribution in [2.45, 2.75) is 71.2 Å². The fourth-order valence-electron chi connectivity index (χ4n) is 4.60. The number of rotatable bonds is 8. The lowest BCUT2D eigenvalue weighted by atomic mass is 10.1. The maximum absolute atomic E-state index is 6.17. The van der Waals surface area contributed by atoms with Crippen molar-refractivity contribution in [2.24, 2.45) is 10.9 Å². The van der Waals surface area contributed by atoms with Crippen molar-refractivity contribution < 1.29 is 14.2 Å². The van der Waals surface area contributed by atoms with Crippen LogP contribution in [0.5, 0.6) is 0 Å². The lowest BCUT2D eigenvalue weighted by Crippen LogP contribution is -2.48.